The predicted octanol–water partition coefficient (Wildman–Crippen LogP) is 3.77. The molecule has 0 saturated heterocycles. The first-order valence-corrected chi connectivity index (χ1v) is 13.2. The van der Waals surface area contributed by atoms with Gasteiger partial charge in [0.2, 0.25) is 5.91 Å². The van der Waals surface area contributed by atoms with E-state index in [1.54, 1.807) is 32.9 Å². The lowest BCUT2D eigenvalue weighted by Gasteiger charge is -2.14. The van der Waals surface area contributed by atoms with Gasteiger partial charge in [0.25, 0.3) is 5.56 Å². The molecule has 0 saturated carbocycles. The first-order chi connectivity index (χ1) is 18.0. The Morgan fingerprint density at radius 2 is 1.78 bits per heavy atom. The topological polar surface area (TPSA) is 91.7 Å². The fraction of sp³-hybridized carbons (Fsp3) is 0.393. The number of carbonyl (C=O) groups is 1. The smallest absolute Gasteiger partial charge is 0.257 e. The summed E-state index contributed by atoms with van der Waals surface area (Å²) in [5.74, 6) is 2.03. The van der Waals surface area contributed by atoms with Crippen molar-refractivity contribution in [2.75, 3.05) is 33.6 Å². The number of methoxy groups -OCH3 is 3. The third-order valence-electron chi connectivity index (χ3n) is 5.90. The standard InChI is InChI=1S/C28H35N3O5S/c1-31-27(33)22(17-20-9-6-5-7-10-20)23(19-34-2)30-28(31)37-16-8-11-26(32)29-15-14-21-12-13-24(35-3)25(18-21)36-4/h5-7,9-10,12-13,18H,8,11,14-17,19H2,1-4H3,(H,29,32). The van der Waals surface area contributed by atoms with Gasteiger partial charge in [0, 0.05) is 44.9 Å². The van der Waals surface area contributed by atoms with Crippen molar-refractivity contribution >= 4 is 17.7 Å². The maximum atomic E-state index is 13.1. The van der Waals surface area contributed by atoms with Crippen molar-refractivity contribution in [1.82, 2.24) is 14.9 Å². The summed E-state index contributed by atoms with van der Waals surface area (Å²) in [6.07, 6.45) is 2.29. The van der Waals surface area contributed by atoms with E-state index in [0.717, 1.165) is 11.1 Å². The van der Waals surface area contributed by atoms with Crippen LogP contribution in [-0.2, 0) is 36.0 Å². The molecule has 3 aromatic rings. The van der Waals surface area contributed by atoms with Crippen LogP contribution in [0.25, 0.3) is 0 Å². The number of thioether (sulfide) groups is 1. The molecule has 0 unspecified atom stereocenters. The van der Waals surface area contributed by atoms with Gasteiger partial charge >= 0.3 is 0 Å². The monoisotopic (exact) mass is 525 g/mol. The number of amides is 1. The molecule has 0 spiro atoms. The van der Waals surface area contributed by atoms with Crippen LogP contribution in [0.2, 0.25) is 0 Å². The zero-order valence-corrected chi connectivity index (χ0v) is 22.7. The molecule has 0 fully saturated rings. The van der Waals surface area contributed by atoms with E-state index in [2.05, 4.69) is 5.32 Å². The SMILES string of the molecule is COCc1nc(SCCCC(=O)NCCc2ccc(OC)c(OC)c2)n(C)c(=O)c1Cc1ccccc1. The molecule has 1 heterocycles. The molecule has 0 atom stereocenters. The van der Waals surface area contributed by atoms with Gasteiger partial charge in [-0.1, -0.05) is 48.2 Å². The zero-order chi connectivity index (χ0) is 26.6. The molecule has 0 bridgehead atoms. The van der Waals surface area contributed by atoms with E-state index < -0.39 is 0 Å². The molecule has 0 radical (unpaired) electrons. The Balaban J connectivity index is 1.49. The summed E-state index contributed by atoms with van der Waals surface area (Å²) in [6.45, 7) is 0.815. The first-order valence-electron chi connectivity index (χ1n) is 12.2. The Labute approximate surface area is 222 Å². The summed E-state index contributed by atoms with van der Waals surface area (Å²) in [5.41, 5.74) is 3.35. The first kappa shape index (κ1) is 28.3. The number of nitrogens with one attached hydrogen (secondary N) is 1. The fourth-order valence-corrected chi connectivity index (χ4v) is 4.82. The van der Waals surface area contributed by atoms with Crippen molar-refractivity contribution in [3.63, 3.8) is 0 Å². The van der Waals surface area contributed by atoms with Gasteiger partial charge in [-0.3, -0.25) is 14.2 Å². The predicted molar refractivity (Wildman–Crippen MR) is 146 cm³/mol. The number of hydrogen-bond donors (Lipinski definition) is 1. The molecule has 1 N–H and O–H groups in total. The van der Waals surface area contributed by atoms with Gasteiger partial charge < -0.3 is 19.5 Å². The summed E-state index contributed by atoms with van der Waals surface area (Å²) in [4.78, 5) is 30.1. The van der Waals surface area contributed by atoms with E-state index in [4.69, 9.17) is 19.2 Å². The highest BCUT2D eigenvalue weighted by atomic mass is 32.2. The molecule has 2 aromatic carbocycles. The molecule has 0 aliphatic heterocycles. The van der Waals surface area contributed by atoms with Gasteiger partial charge in [0.1, 0.15) is 0 Å². The zero-order valence-electron chi connectivity index (χ0n) is 21.9. The lowest BCUT2D eigenvalue weighted by atomic mass is 10.0. The van der Waals surface area contributed by atoms with Crippen molar-refractivity contribution in [2.45, 2.75) is 37.4 Å². The number of ether oxygens (including phenoxy) is 3. The van der Waals surface area contributed by atoms with Crippen LogP contribution >= 0.6 is 11.8 Å². The van der Waals surface area contributed by atoms with Crippen LogP contribution in [0.3, 0.4) is 0 Å². The summed E-state index contributed by atoms with van der Waals surface area (Å²) in [6, 6.07) is 15.6. The molecule has 0 aliphatic rings. The Hall–Kier alpha value is -3.30. The van der Waals surface area contributed by atoms with Crippen LogP contribution in [0.4, 0.5) is 0 Å². The van der Waals surface area contributed by atoms with Crippen molar-refractivity contribution in [2.24, 2.45) is 7.05 Å². The van der Waals surface area contributed by atoms with Crippen LogP contribution in [0.15, 0.2) is 58.5 Å². The number of aromatic nitrogens is 2. The third-order valence-corrected chi connectivity index (χ3v) is 7.01. The van der Waals surface area contributed by atoms with Gasteiger partial charge in [-0.25, -0.2) is 4.98 Å². The van der Waals surface area contributed by atoms with Crippen molar-refractivity contribution in [3.05, 3.63) is 81.3 Å². The van der Waals surface area contributed by atoms with Crippen LogP contribution in [0.5, 0.6) is 11.5 Å². The highest BCUT2D eigenvalue weighted by molar-refractivity contribution is 7.99. The molecule has 198 valence electrons. The second-order valence-electron chi connectivity index (χ2n) is 8.52. The van der Waals surface area contributed by atoms with Gasteiger partial charge in [0.15, 0.2) is 16.7 Å². The number of benzene rings is 2. The van der Waals surface area contributed by atoms with Gasteiger partial charge in [-0.15, -0.1) is 0 Å². The van der Waals surface area contributed by atoms with Crippen LogP contribution in [-0.4, -0.2) is 49.1 Å². The Bertz CT molecular complexity index is 1230. The van der Waals surface area contributed by atoms with Crippen molar-refractivity contribution in [1.29, 1.82) is 0 Å². The summed E-state index contributed by atoms with van der Waals surface area (Å²) in [5, 5.41) is 3.59. The minimum atomic E-state index is -0.0682. The third kappa shape index (κ3) is 8.10. The van der Waals surface area contributed by atoms with Crippen LogP contribution in [0, 0.1) is 0 Å². The van der Waals surface area contributed by atoms with Crippen LogP contribution in [0.1, 0.15) is 35.2 Å². The van der Waals surface area contributed by atoms with E-state index in [0.29, 0.717) is 65.9 Å². The fourth-order valence-electron chi connectivity index (χ4n) is 3.90. The molecule has 3 rings (SSSR count). The number of hydrogen-bond acceptors (Lipinski definition) is 7. The Morgan fingerprint density at radius 1 is 1.03 bits per heavy atom. The highest BCUT2D eigenvalue weighted by Crippen LogP contribution is 2.27. The number of nitrogens with zero attached hydrogens (tertiary/aromatic N) is 2. The van der Waals surface area contributed by atoms with Gasteiger partial charge in [-0.2, -0.15) is 0 Å². The average Bonchev–Trinajstić information content (AvgIpc) is 2.92. The second kappa shape index (κ2) is 14.4. The number of carbonyl (C=O) groups excluding carboxylic acids is 1. The largest absolute Gasteiger partial charge is 0.493 e. The minimum Gasteiger partial charge on any atom is -0.493 e. The second-order valence-corrected chi connectivity index (χ2v) is 9.58. The normalized spacial score (nSPS) is 10.8. The van der Waals surface area contributed by atoms with E-state index in [9.17, 15) is 9.59 Å². The maximum absolute atomic E-state index is 13.1. The van der Waals surface area contributed by atoms with Crippen molar-refractivity contribution in [3.8, 4) is 11.5 Å². The summed E-state index contributed by atoms with van der Waals surface area (Å²) < 4.78 is 17.5. The molecular weight excluding hydrogens is 490 g/mol. The van der Waals surface area contributed by atoms with Gasteiger partial charge in [-0.05, 0) is 36.1 Å². The molecule has 37 heavy (non-hydrogen) atoms. The molecular formula is C28H35N3O5S. The minimum absolute atomic E-state index is 0.00112. The Kier molecular flexibility index (Phi) is 11.0. The average molecular weight is 526 g/mol. The molecule has 1 aromatic heterocycles. The Morgan fingerprint density at radius 3 is 2.49 bits per heavy atom. The summed E-state index contributed by atoms with van der Waals surface area (Å²) >= 11 is 1.48. The maximum Gasteiger partial charge on any atom is 0.257 e. The summed E-state index contributed by atoms with van der Waals surface area (Å²) in [7, 11) is 6.54. The van der Waals surface area contributed by atoms with E-state index >= 15 is 0 Å². The van der Waals surface area contributed by atoms with E-state index in [1.807, 2.05) is 48.5 Å². The molecule has 1 amide bonds. The molecule has 9 heteroatoms. The molecule has 8 nitrogen and oxygen atoms in total. The highest BCUT2D eigenvalue weighted by Gasteiger charge is 2.16. The lowest BCUT2D eigenvalue weighted by Crippen LogP contribution is -2.27. The lowest BCUT2D eigenvalue weighted by molar-refractivity contribution is -0.121. The quantitative estimate of drug-likeness (QED) is 0.195. The molecule has 0 aliphatic carbocycles. The van der Waals surface area contributed by atoms with Gasteiger partial charge in [0.05, 0.1) is 26.5 Å². The van der Waals surface area contributed by atoms with Crippen molar-refractivity contribution < 1.29 is 19.0 Å². The number of rotatable bonds is 14. The van der Waals surface area contributed by atoms with E-state index in [1.165, 1.54) is 11.8 Å². The van der Waals surface area contributed by atoms with E-state index in [-0.39, 0.29) is 18.1 Å². The van der Waals surface area contributed by atoms with Crippen LogP contribution < -0.4 is 20.3 Å².